The summed E-state index contributed by atoms with van der Waals surface area (Å²) in [6, 6.07) is 0. The lowest BCUT2D eigenvalue weighted by Gasteiger charge is -2.22. The van der Waals surface area contributed by atoms with Crippen LogP contribution in [0.25, 0.3) is 0 Å². The van der Waals surface area contributed by atoms with E-state index in [4.69, 9.17) is 23.7 Å². The number of nitrogens with zero attached hydrogens (tertiary/aromatic N) is 2. The van der Waals surface area contributed by atoms with Gasteiger partial charge >= 0.3 is 11.9 Å². The molecule has 32 heavy (non-hydrogen) atoms. The predicted molar refractivity (Wildman–Crippen MR) is 98.9 cm³/mol. The molecule has 0 aliphatic carbocycles. The Morgan fingerprint density at radius 2 is 1.59 bits per heavy atom. The van der Waals surface area contributed by atoms with Crippen molar-refractivity contribution in [3.63, 3.8) is 0 Å². The number of esters is 2. The first-order chi connectivity index (χ1) is 15.0. The summed E-state index contributed by atoms with van der Waals surface area (Å²) in [5.41, 5.74) is -0.679. The SMILES string of the molecule is CC(C)(C)C(=O)O[C@@H]1CO[C@H]2[C@@H]1OC[C@H]2OC(=O)CCOCC(CO[N+](=O)[O-])O[N+](=O)[O-]. The minimum atomic E-state index is -1.34. The van der Waals surface area contributed by atoms with Crippen molar-refractivity contribution in [1.29, 1.82) is 0 Å². The predicted octanol–water partition coefficient (Wildman–Crippen LogP) is -0.154. The van der Waals surface area contributed by atoms with Gasteiger partial charge in [0, 0.05) is 0 Å². The van der Waals surface area contributed by atoms with Crippen LogP contribution in [0.1, 0.15) is 27.2 Å². The summed E-state index contributed by atoms with van der Waals surface area (Å²) in [5, 5.41) is 18.3. The molecule has 0 amide bonds. The zero-order valence-corrected chi connectivity index (χ0v) is 17.8. The molecule has 15 heteroatoms. The maximum atomic E-state index is 12.1. The molecule has 2 rings (SSSR count). The van der Waals surface area contributed by atoms with E-state index in [1.807, 2.05) is 0 Å². The van der Waals surface area contributed by atoms with Crippen molar-refractivity contribution in [3.8, 4) is 0 Å². The van der Waals surface area contributed by atoms with Crippen molar-refractivity contribution < 1.29 is 53.1 Å². The van der Waals surface area contributed by atoms with Crippen LogP contribution in [0, 0.1) is 25.6 Å². The largest absolute Gasteiger partial charge is 0.457 e. The van der Waals surface area contributed by atoms with Crippen LogP contribution in [-0.2, 0) is 42.9 Å². The highest BCUT2D eigenvalue weighted by Crippen LogP contribution is 2.32. The fourth-order valence-electron chi connectivity index (χ4n) is 2.92. The van der Waals surface area contributed by atoms with Crippen molar-refractivity contribution in [2.24, 2.45) is 5.41 Å². The van der Waals surface area contributed by atoms with Crippen molar-refractivity contribution in [1.82, 2.24) is 0 Å². The molecule has 0 N–H and O–H groups in total. The standard InChI is InChI=1S/C17H26N2O13/c1-17(2,3)16(21)31-12-9-28-14-11(8-27-15(12)14)30-13(20)4-5-26-6-10(32-19(24)25)7-29-18(22)23/h10-12,14-15H,4-9H2,1-3H3/t10?,11-,12-,14-,15-/m1/s1. The molecule has 5 atom stereocenters. The van der Waals surface area contributed by atoms with Crippen molar-refractivity contribution >= 4 is 11.9 Å². The summed E-state index contributed by atoms with van der Waals surface area (Å²) in [5.74, 6) is -1.03. The average molecular weight is 466 g/mol. The smallest absolute Gasteiger partial charge is 0.311 e. The lowest BCUT2D eigenvalue weighted by Crippen LogP contribution is -2.38. The molecule has 15 nitrogen and oxygen atoms in total. The fraction of sp³-hybridized carbons (Fsp3) is 0.882. The molecule has 2 saturated heterocycles. The van der Waals surface area contributed by atoms with Crippen LogP contribution in [0.4, 0.5) is 0 Å². The van der Waals surface area contributed by atoms with Gasteiger partial charge < -0.3 is 33.4 Å². The Labute approximate surface area is 182 Å². The summed E-state index contributed by atoms with van der Waals surface area (Å²) in [6.45, 7) is 4.08. The highest BCUT2D eigenvalue weighted by atomic mass is 17.0. The van der Waals surface area contributed by atoms with Gasteiger partial charge in [-0.2, -0.15) is 0 Å². The zero-order chi connectivity index (χ0) is 23.9. The maximum Gasteiger partial charge on any atom is 0.311 e. The quantitative estimate of drug-likeness (QED) is 0.160. The van der Waals surface area contributed by atoms with Crippen molar-refractivity contribution in [2.75, 3.05) is 33.0 Å². The number of carbonyl (C=O) groups excluding carboxylic acids is 2. The summed E-state index contributed by atoms with van der Waals surface area (Å²) in [7, 11) is 0. The molecule has 2 aliphatic heterocycles. The Morgan fingerprint density at radius 1 is 1.00 bits per heavy atom. The van der Waals surface area contributed by atoms with Gasteiger partial charge in [-0.1, -0.05) is 0 Å². The third-order valence-electron chi connectivity index (χ3n) is 4.47. The first-order valence-corrected chi connectivity index (χ1v) is 9.77. The van der Waals surface area contributed by atoms with Crippen molar-refractivity contribution in [2.45, 2.75) is 57.7 Å². The molecule has 2 heterocycles. The second-order valence-corrected chi connectivity index (χ2v) is 8.11. The Kier molecular flexibility index (Phi) is 8.91. The van der Waals surface area contributed by atoms with Gasteiger partial charge in [0.2, 0.25) is 0 Å². The molecule has 0 radical (unpaired) electrons. The molecular formula is C17H26N2O13. The first kappa shape index (κ1) is 25.5. The second kappa shape index (κ2) is 11.2. The van der Waals surface area contributed by atoms with E-state index in [-0.39, 0.29) is 26.2 Å². The molecular weight excluding hydrogens is 440 g/mol. The number of carbonyl (C=O) groups is 2. The van der Waals surface area contributed by atoms with Gasteiger partial charge in [0.25, 0.3) is 10.2 Å². The Bertz CT molecular complexity index is 694. The molecule has 0 saturated carbocycles. The number of hydrogen-bond donors (Lipinski definition) is 0. The van der Waals surface area contributed by atoms with Gasteiger partial charge in [0.15, 0.2) is 18.3 Å². The second-order valence-electron chi connectivity index (χ2n) is 8.11. The number of ether oxygens (including phenoxy) is 5. The molecule has 0 aromatic rings. The lowest BCUT2D eigenvalue weighted by molar-refractivity contribution is -0.790. The van der Waals surface area contributed by atoms with E-state index in [0.29, 0.717) is 0 Å². The molecule has 0 aromatic carbocycles. The molecule has 0 bridgehead atoms. The number of fused-ring (bicyclic) bond motifs is 1. The third kappa shape index (κ3) is 7.72. The fourth-order valence-corrected chi connectivity index (χ4v) is 2.92. The highest BCUT2D eigenvalue weighted by molar-refractivity contribution is 5.75. The van der Waals surface area contributed by atoms with E-state index >= 15 is 0 Å². The average Bonchev–Trinajstić information content (AvgIpc) is 3.25. The number of rotatable bonds is 12. The highest BCUT2D eigenvalue weighted by Gasteiger charge is 2.51. The summed E-state index contributed by atoms with van der Waals surface area (Å²) in [4.78, 5) is 52.9. The molecule has 2 aliphatic rings. The van der Waals surface area contributed by atoms with Gasteiger partial charge in [-0.25, -0.2) is 0 Å². The zero-order valence-electron chi connectivity index (χ0n) is 17.8. The minimum Gasteiger partial charge on any atom is -0.457 e. The summed E-state index contributed by atoms with van der Waals surface area (Å²) >= 11 is 0. The minimum absolute atomic E-state index is 0.0719. The van der Waals surface area contributed by atoms with Crippen LogP contribution in [0.5, 0.6) is 0 Å². The Morgan fingerprint density at radius 3 is 2.12 bits per heavy atom. The van der Waals surface area contributed by atoms with Crippen LogP contribution in [0.2, 0.25) is 0 Å². The monoisotopic (exact) mass is 466 g/mol. The van der Waals surface area contributed by atoms with Gasteiger partial charge in [0.05, 0.1) is 38.3 Å². The van der Waals surface area contributed by atoms with E-state index in [0.717, 1.165) is 0 Å². The summed E-state index contributed by atoms with van der Waals surface area (Å²) < 4.78 is 27.1. The molecule has 1 unspecified atom stereocenters. The third-order valence-corrected chi connectivity index (χ3v) is 4.47. The Hall–Kier alpha value is -2.78. The van der Waals surface area contributed by atoms with Crippen LogP contribution >= 0.6 is 0 Å². The normalized spacial score (nSPS) is 25.5. The first-order valence-electron chi connectivity index (χ1n) is 9.77. The van der Waals surface area contributed by atoms with E-state index in [1.54, 1.807) is 20.8 Å². The Balaban J connectivity index is 1.71. The van der Waals surface area contributed by atoms with Gasteiger partial charge in [-0.3, -0.25) is 9.59 Å². The van der Waals surface area contributed by atoms with Crippen LogP contribution in [0.15, 0.2) is 0 Å². The van der Waals surface area contributed by atoms with Gasteiger partial charge in [0.1, 0.15) is 18.8 Å². The molecule has 182 valence electrons. The van der Waals surface area contributed by atoms with Gasteiger partial charge in [-0.05, 0) is 20.8 Å². The van der Waals surface area contributed by atoms with E-state index in [2.05, 4.69) is 9.68 Å². The van der Waals surface area contributed by atoms with Crippen LogP contribution in [0.3, 0.4) is 0 Å². The topological polar surface area (TPSA) is 185 Å². The van der Waals surface area contributed by atoms with Crippen LogP contribution < -0.4 is 0 Å². The van der Waals surface area contributed by atoms with E-state index < -0.39 is 71.3 Å². The summed E-state index contributed by atoms with van der Waals surface area (Å²) in [6.07, 6.45) is -3.94. The molecule has 2 fully saturated rings. The van der Waals surface area contributed by atoms with E-state index in [1.165, 1.54) is 0 Å². The molecule has 0 aromatic heterocycles. The molecule has 0 spiro atoms. The lowest BCUT2D eigenvalue weighted by atomic mass is 9.97. The number of hydrogen-bond acceptors (Lipinski definition) is 13. The van der Waals surface area contributed by atoms with E-state index in [9.17, 15) is 29.8 Å². The van der Waals surface area contributed by atoms with Gasteiger partial charge in [-0.15, -0.1) is 20.2 Å². The van der Waals surface area contributed by atoms with Crippen LogP contribution in [-0.4, -0.2) is 85.7 Å². The van der Waals surface area contributed by atoms with Crippen molar-refractivity contribution in [3.05, 3.63) is 20.2 Å². The maximum absolute atomic E-state index is 12.1.